The van der Waals surface area contributed by atoms with E-state index in [0.717, 1.165) is 5.56 Å². The van der Waals surface area contributed by atoms with Crippen molar-refractivity contribution in [1.82, 2.24) is 4.98 Å². The van der Waals surface area contributed by atoms with Crippen molar-refractivity contribution in [2.24, 2.45) is 0 Å². The van der Waals surface area contributed by atoms with Crippen molar-refractivity contribution in [3.8, 4) is 11.3 Å². The molecule has 0 unspecified atom stereocenters. The maximum atomic E-state index is 13.5. The Morgan fingerprint density at radius 2 is 1.68 bits per heavy atom. The van der Waals surface area contributed by atoms with Crippen LogP contribution in [0.15, 0.2) is 53.1 Å². The minimum atomic E-state index is -0.644. The van der Waals surface area contributed by atoms with Gasteiger partial charge in [0.2, 0.25) is 5.89 Å². The molecule has 0 N–H and O–H groups in total. The van der Waals surface area contributed by atoms with Crippen LogP contribution in [-0.4, -0.2) is 4.98 Å². The van der Waals surface area contributed by atoms with Gasteiger partial charge in [-0.25, -0.2) is 13.8 Å². The number of hydrogen-bond acceptors (Lipinski definition) is 2. The molecule has 0 saturated heterocycles. The van der Waals surface area contributed by atoms with Crippen LogP contribution in [-0.2, 0) is 0 Å². The maximum Gasteiger partial charge on any atom is 0.219 e. The molecule has 2 aromatic carbocycles. The molecule has 1 aromatic heterocycles. The molecule has 0 saturated carbocycles. The van der Waals surface area contributed by atoms with Crippen LogP contribution in [0.5, 0.6) is 0 Å². The SMILES string of the molecule is Fc1cccc(F)c1C=Cc1nc(-c2ccccc2Cl)co1. The Balaban J connectivity index is 1.89. The summed E-state index contributed by atoms with van der Waals surface area (Å²) in [5, 5.41) is 0.548. The van der Waals surface area contributed by atoms with Gasteiger partial charge in [0, 0.05) is 17.2 Å². The Labute approximate surface area is 130 Å². The third kappa shape index (κ3) is 2.92. The average molecular weight is 318 g/mol. The molecular weight excluding hydrogens is 308 g/mol. The first kappa shape index (κ1) is 14.5. The second kappa shape index (κ2) is 6.12. The summed E-state index contributed by atoms with van der Waals surface area (Å²) in [5.74, 6) is -1.05. The van der Waals surface area contributed by atoms with Crippen LogP contribution in [0.2, 0.25) is 5.02 Å². The molecule has 0 aliphatic carbocycles. The standard InChI is InChI=1S/C17H10ClF2NO/c18-13-5-2-1-4-11(13)16-10-22-17(21-16)9-8-12-14(19)6-3-7-15(12)20/h1-10H. The van der Waals surface area contributed by atoms with E-state index in [4.69, 9.17) is 16.0 Å². The molecule has 3 aromatic rings. The number of oxazole rings is 1. The van der Waals surface area contributed by atoms with Gasteiger partial charge in [0.05, 0.1) is 5.02 Å². The van der Waals surface area contributed by atoms with Crippen LogP contribution in [0.25, 0.3) is 23.4 Å². The van der Waals surface area contributed by atoms with Crippen LogP contribution >= 0.6 is 11.6 Å². The van der Waals surface area contributed by atoms with Gasteiger partial charge in [0.25, 0.3) is 0 Å². The van der Waals surface area contributed by atoms with Gasteiger partial charge in [0.15, 0.2) is 0 Å². The van der Waals surface area contributed by atoms with Gasteiger partial charge in [-0.2, -0.15) is 0 Å². The zero-order valence-electron chi connectivity index (χ0n) is 11.3. The number of rotatable bonds is 3. The Hall–Kier alpha value is -2.46. The summed E-state index contributed by atoms with van der Waals surface area (Å²) < 4.78 is 32.3. The third-order valence-electron chi connectivity index (χ3n) is 3.06. The Kier molecular flexibility index (Phi) is 4.02. The predicted molar refractivity (Wildman–Crippen MR) is 82.2 cm³/mol. The molecule has 0 aliphatic rings. The summed E-state index contributed by atoms with van der Waals surface area (Å²) in [7, 11) is 0. The van der Waals surface area contributed by atoms with Gasteiger partial charge in [-0.1, -0.05) is 35.9 Å². The smallest absolute Gasteiger partial charge is 0.219 e. The first-order chi connectivity index (χ1) is 10.6. The molecule has 2 nitrogen and oxygen atoms in total. The van der Waals surface area contributed by atoms with Crippen molar-refractivity contribution in [3.05, 3.63) is 76.8 Å². The largest absolute Gasteiger partial charge is 0.444 e. The number of benzene rings is 2. The van der Waals surface area contributed by atoms with Crippen LogP contribution in [0.4, 0.5) is 8.78 Å². The third-order valence-corrected chi connectivity index (χ3v) is 3.39. The van der Waals surface area contributed by atoms with Gasteiger partial charge in [-0.3, -0.25) is 0 Å². The highest BCUT2D eigenvalue weighted by Crippen LogP contribution is 2.27. The van der Waals surface area contributed by atoms with E-state index in [1.807, 2.05) is 18.2 Å². The normalized spacial score (nSPS) is 11.2. The minimum absolute atomic E-state index is 0.139. The first-order valence-corrected chi connectivity index (χ1v) is 6.85. The van der Waals surface area contributed by atoms with Crippen molar-refractivity contribution in [3.63, 3.8) is 0 Å². The van der Waals surface area contributed by atoms with Crippen molar-refractivity contribution in [1.29, 1.82) is 0 Å². The fourth-order valence-electron chi connectivity index (χ4n) is 1.98. The molecule has 5 heteroatoms. The predicted octanol–water partition coefficient (Wildman–Crippen LogP) is 5.44. The summed E-state index contributed by atoms with van der Waals surface area (Å²) in [6, 6.07) is 10.9. The van der Waals surface area contributed by atoms with Gasteiger partial charge in [-0.05, 0) is 24.3 Å². The van der Waals surface area contributed by atoms with Crippen LogP contribution in [0.3, 0.4) is 0 Å². The summed E-state index contributed by atoms with van der Waals surface area (Å²) >= 11 is 6.08. The Morgan fingerprint density at radius 3 is 2.41 bits per heavy atom. The molecule has 110 valence electrons. The molecule has 0 aliphatic heterocycles. The molecule has 0 fully saturated rings. The van der Waals surface area contributed by atoms with Crippen molar-refractivity contribution < 1.29 is 13.2 Å². The van der Waals surface area contributed by atoms with E-state index < -0.39 is 11.6 Å². The summed E-state index contributed by atoms with van der Waals surface area (Å²) in [6.07, 6.45) is 4.13. The first-order valence-electron chi connectivity index (χ1n) is 6.47. The van der Waals surface area contributed by atoms with Crippen molar-refractivity contribution in [2.75, 3.05) is 0 Å². The van der Waals surface area contributed by atoms with Crippen molar-refractivity contribution >= 4 is 23.8 Å². The van der Waals surface area contributed by atoms with E-state index in [0.29, 0.717) is 10.7 Å². The lowest BCUT2D eigenvalue weighted by Gasteiger charge is -1.97. The second-order valence-electron chi connectivity index (χ2n) is 4.52. The quantitative estimate of drug-likeness (QED) is 0.642. The average Bonchev–Trinajstić information content (AvgIpc) is 2.96. The van der Waals surface area contributed by atoms with E-state index >= 15 is 0 Å². The monoisotopic (exact) mass is 317 g/mol. The molecule has 0 amide bonds. The number of halogens is 3. The maximum absolute atomic E-state index is 13.5. The topological polar surface area (TPSA) is 26.0 Å². The lowest BCUT2D eigenvalue weighted by molar-refractivity contribution is 0.547. The molecule has 3 rings (SSSR count). The molecule has 0 bridgehead atoms. The highest BCUT2D eigenvalue weighted by Gasteiger charge is 2.09. The Morgan fingerprint density at radius 1 is 0.955 bits per heavy atom. The van der Waals surface area contributed by atoms with E-state index in [-0.39, 0.29) is 11.5 Å². The van der Waals surface area contributed by atoms with Gasteiger partial charge < -0.3 is 4.42 Å². The summed E-state index contributed by atoms with van der Waals surface area (Å²) in [6.45, 7) is 0. The molecule has 1 heterocycles. The zero-order valence-corrected chi connectivity index (χ0v) is 12.0. The van der Waals surface area contributed by atoms with Crippen LogP contribution in [0.1, 0.15) is 11.5 Å². The van der Waals surface area contributed by atoms with Crippen molar-refractivity contribution in [2.45, 2.75) is 0 Å². The molecule has 0 spiro atoms. The Bertz CT molecular complexity index is 822. The van der Waals surface area contributed by atoms with E-state index in [1.54, 1.807) is 6.07 Å². The lowest BCUT2D eigenvalue weighted by Crippen LogP contribution is -1.87. The minimum Gasteiger partial charge on any atom is -0.444 e. The van der Waals surface area contributed by atoms with E-state index in [9.17, 15) is 8.78 Å². The second-order valence-corrected chi connectivity index (χ2v) is 4.93. The zero-order chi connectivity index (χ0) is 15.5. The summed E-state index contributed by atoms with van der Waals surface area (Å²) in [4.78, 5) is 4.23. The molecule has 0 radical (unpaired) electrons. The highest BCUT2D eigenvalue weighted by atomic mass is 35.5. The van der Waals surface area contributed by atoms with Gasteiger partial charge in [0.1, 0.15) is 23.6 Å². The van der Waals surface area contributed by atoms with Gasteiger partial charge >= 0.3 is 0 Å². The van der Waals surface area contributed by atoms with E-state index in [2.05, 4.69) is 4.98 Å². The highest BCUT2D eigenvalue weighted by molar-refractivity contribution is 6.33. The number of aromatic nitrogens is 1. The summed E-state index contributed by atoms with van der Waals surface area (Å²) in [5.41, 5.74) is 1.14. The molecule has 0 atom stereocenters. The van der Waals surface area contributed by atoms with E-state index in [1.165, 1.54) is 36.6 Å². The van der Waals surface area contributed by atoms with Crippen LogP contribution in [0, 0.1) is 11.6 Å². The van der Waals surface area contributed by atoms with Gasteiger partial charge in [-0.15, -0.1) is 0 Å². The molecular formula is C17H10ClF2NO. The molecule has 22 heavy (non-hydrogen) atoms. The number of nitrogens with zero attached hydrogens (tertiary/aromatic N) is 1. The number of hydrogen-bond donors (Lipinski definition) is 0. The fraction of sp³-hybridized carbons (Fsp3) is 0. The lowest BCUT2D eigenvalue weighted by atomic mass is 10.2. The fourth-order valence-corrected chi connectivity index (χ4v) is 2.21. The van der Waals surface area contributed by atoms with Crippen LogP contribution < -0.4 is 0 Å².